The molecule has 0 spiro atoms. The van der Waals surface area contributed by atoms with Gasteiger partial charge in [0.05, 0.1) is 16.9 Å². The lowest BCUT2D eigenvalue weighted by Crippen LogP contribution is -2.12. The number of nitrogens with one attached hydrogen (secondary N) is 1. The van der Waals surface area contributed by atoms with Crippen molar-refractivity contribution < 1.29 is 18.0 Å². The molecule has 5 nitrogen and oxygen atoms in total. The molecule has 3 aromatic carbocycles. The fourth-order valence-electron chi connectivity index (χ4n) is 3.08. The van der Waals surface area contributed by atoms with Crippen molar-refractivity contribution in [1.29, 1.82) is 0 Å². The Kier molecular flexibility index (Phi) is 5.21. The molecule has 1 amide bonds. The highest BCUT2D eigenvalue weighted by molar-refractivity contribution is 6.04. The molecule has 156 valence electrons. The molecule has 0 saturated carbocycles. The Morgan fingerprint density at radius 2 is 1.61 bits per heavy atom. The van der Waals surface area contributed by atoms with Gasteiger partial charge >= 0.3 is 6.18 Å². The summed E-state index contributed by atoms with van der Waals surface area (Å²) < 4.78 is 40.4. The van der Waals surface area contributed by atoms with Crippen molar-refractivity contribution in [3.05, 3.63) is 96.1 Å². The monoisotopic (exact) mass is 422 g/mol. The van der Waals surface area contributed by atoms with Crippen molar-refractivity contribution in [3.63, 3.8) is 0 Å². The van der Waals surface area contributed by atoms with Crippen molar-refractivity contribution in [1.82, 2.24) is 9.78 Å². The number of hydrogen-bond donors (Lipinski definition) is 2. The highest BCUT2D eigenvalue weighted by Crippen LogP contribution is 2.32. The SMILES string of the molecule is Nc1cc(-c2cccc(C(F)(F)F)c2)nn1-c1ccc(C(=O)Nc2ccccc2)cc1. The summed E-state index contributed by atoms with van der Waals surface area (Å²) in [7, 11) is 0. The Morgan fingerprint density at radius 3 is 2.29 bits per heavy atom. The molecule has 1 aromatic heterocycles. The van der Waals surface area contributed by atoms with E-state index < -0.39 is 11.7 Å². The number of benzene rings is 3. The van der Waals surface area contributed by atoms with Gasteiger partial charge in [0.2, 0.25) is 0 Å². The Morgan fingerprint density at radius 1 is 0.903 bits per heavy atom. The number of aromatic nitrogens is 2. The van der Waals surface area contributed by atoms with Gasteiger partial charge < -0.3 is 11.1 Å². The van der Waals surface area contributed by atoms with E-state index in [2.05, 4.69) is 10.4 Å². The molecule has 0 bridgehead atoms. The second-order valence-corrected chi connectivity index (χ2v) is 6.81. The zero-order valence-electron chi connectivity index (χ0n) is 16.1. The fourth-order valence-corrected chi connectivity index (χ4v) is 3.08. The van der Waals surface area contributed by atoms with Gasteiger partial charge in [-0.1, -0.05) is 30.3 Å². The summed E-state index contributed by atoms with van der Waals surface area (Å²) in [5.41, 5.74) is 7.59. The number of nitrogens with zero attached hydrogens (tertiary/aromatic N) is 2. The zero-order chi connectivity index (χ0) is 22.0. The summed E-state index contributed by atoms with van der Waals surface area (Å²) in [5.74, 6) is -0.00950. The molecular formula is C23H17F3N4O. The standard InChI is InChI=1S/C23H17F3N4O/c24-23(25,26)17-6-4-5-16(13-17)20-14-21(27)30(29-20)19-11-9-15(10-12-19)22(31)28-18-7-2-1-3-8-18/h1-14H,27H2,(H,28,31). The number of alkyl halides is 3. The summed E-state index contributed by atoms with van der Waals surface area (Å²) in [6.07, 6.45) is -4.44. The zero-order valence-corrected chi connectivity index (χ0v) is 16.1. The van der Waals surface area contributed by atoms with Gasteiger partial charge in [0.15, 0.2) is 0 Å². The molecule has 1 heterocycles. The number of para-hydroxylation sites is 1. The minimum absolute atomic E-state index is 0.258. The van der Waals surface area contributed by atoms with Crippen LogP contribution in [0.5, 0.6) is 0 Å². The predicted octanol–water partition coefficient (Wildman–Crippen LogP) is 5.39. The number of carbonyl (C=O) groups excluding carboxylic acids is 1. The maximum atomic E-state index is 13.0. The molecule has 3 N–H and O–H groups in total. The average molecular weight is 422 g/mol. The van der Waals surface area contributed by atoms with E-state index in [9.17, 15) is 18.0 Å². The smallest absolute Gasteiger partial charge is 0.384 e. The van der Waals surface area contributed by atoms with E-state index in [1.54, 1.807) is 42.5 Å². The lowest BCUT2D eigenvalue weighted by atomic mass is 10.1. The molecule has 0 aliphatic heterocycles. The first-order chi connectivity index (χ1) is 14.8. The van der Waals surface area contributed by atoms with Crippen LogP contribution in [0.2, 0.25) is 0 Å². The number of rotatable bonds is 4. The van der Waals surface area contributed by atoms with Crippen molar-refractivity contribution in [2.45, 2.75) is 6.18 Å². The molecule has 0 atom stereocenters. The van der Waals surface area contributed by atoms with Crippen LogP contribution >= 0.6 is 0 Å². The number of amides is 1. The molecular weight excluding hydrogens is 405 g/mol. The quantitative estimate of drug-likeness (QED) is 0.463. The van der Waals surface area contributed by atoms with Gasteiger partial charge in [0.1, 0.15) is 5.82 Å². The lowest BCUT2D eigenvalue weighted by Gasteiger charge is -2.08. The highest BCUT2D eigenvalue weighted by atomic mass is 19.4. The minimum Gasteiger partial charge on any atom is -0.384 e. The summed E-state index contributed by atoms with van der Waals surface area (Å²) >= 11 is 0. The number of halogens is 3. The van der Waals surface area contributed by atoms with E-state index in [0.717, 1.165) is 12.1 Å². The molecule has 0 fully saturated rings. The summed E-state index contributed by atoms with van der Waals surface area (Å²) in [6.45, 7) is 0. The first kappa shape index (κ1) is 20.2. The molecule has 0 unspecified atom stereocenters. The summed E-state index contributed by atoms with van der Waals surface area (Å²) in [4.78, 5) is 12.4. The Hall–Kier alpha value is -4.07. The van der Waals surface area contributed by atoms with Gasteiger partial charge in [-0.3, -0.25) is 4.79 Å². The fraction of sp³-hybridized carbons (Fsp3) is 0.0435. The third-order valence-electron chi connectivity index (χ3n) is 4.63. The van der Waals surface area contributed by atoms with Crippen LogP contribution in [-0.4, -0.2) is 15.7 Å². The van der Waals surface area contributed by atoms with E-state index in [0.29, 0.717) is 28.2 Å². The summed E-state index contributed by atoms with van der Waals surface area (Å²) in [6, 6.07) is 22.0. The molecule has 4 rings (SSSR count). The van der Waals surface area contributed by atoms with Crippen LogP contribution in [0.1, 0.15) is 15.9 Å². The van der Waals surface area contributed by atoms with Crippen LogP contribution in [0, 0.1) is 0 Å². The molecule has 4 aromatic rings. The molecule has 0 saturated heterocycles. The average Bonchev–Trinajstić information content (AvgIpc) is 3.16. The van der Waals surface area contributed by atoms with Gasteiger partial charge in [-0.25, -0.2) is 4.68 Å². The van der Waals surface area contributed by atoms with Gasteiger partial charge in [0.25, 0.3) is 5.91 Å². The Balaban J connectivity index is 1.57. The maximum absolute atomic E-state index is 13.0. The largest absolute Gasteiger partial charge is 0.416 e. The maximum Gasteiger partial charge on any atom is 0.416 e. The topological polar surface area (TPSA) is 72.9 Å². The third-order valence-corrected chi connectivity index (χ3v) is 4.63. The Labute approximate surface area is 175 Å². The van der Waals surface area contributed by atoms with E-state index in [-0.39, 0.29) is 11.7 Å². The second-order valence-electron chi connectivity index (χ2n) is 6.81. The van der Waals surface area contributed by atoms with Gasteiger partial charge in [-0.15, -0.1) is 0 Å². The van der Waals surface area contributed by atoms with Crippen LogP contribution in [0.15, 0.2) is 84.9 Å². The normalized spacial score (nSPS) is 11.3. The number of nitrogen functional groups attached to an aromatic ring is 1. The minimum atomic E-state index is -4.44. The van der Waals surface area contributed by atoms with E-state index in [4.69, 9.17) is 5.73 Å². The molecule has 0 aliphatic carbocycles. The Bertz CT molecular complexity index is 1220. The van der Waals surface area contributed by atoms with Crippen molar-refractivity contribution >= 4 is 17.4 Å². The number of hydrogen-bond acceptors (Lipinski definition) is 3. The first-order valence-electron chi connectivity index (χ1n) is 9.31. The van der Waals surface area contributed by atoms with Crippen LogP contribution < -0.4 is 11.1 Å². The summed E-state index contributed by atoms with van der Waals surface area (Å²) in [5, 5.41) is 7.13. The molecule has 0 radical (unpaired) electrons. The molecule has 0 aliphatic rings. The molecule has 8 heteroatoms. The van der Waals surface area contributed by atoms with Crippen molar-refractivity contribution in [2.75, 3.05) is 11.1 Å². The predicted molar refractivity (Wildman–Crippen MR) is 113 cm³/mol. The molecule has 31 heavy (non-hydrogen) atoms. The number of nitrogens with two attached hydrogens (primary N) is 1. The van der Waals surface area contributed by atoms with Gasteiger partial charge in [-0.2, -0.15) is 18.3 Å². The lowest BCUT2D eigenvalue weighted by molar-refractivity contribution is -0.137. The van der Waals surface area contributed by atoms with Gasteiger partial charge in [-0.05, 0) is 48.5 Å². The van der Waals surface area contributed by atoms with Crippen LogP contribution in [0.25, 0.3) is 16.9 Å². The number of anilines is 2. The van der Waals surface area contributed by atoms with Crippen LogP contribution in [0.3, 0.4) is 0 Å². The van der Waals surface area contributed by atoms with Crippen molar-refractivity contribution in [3.8, 4) is 16.9 Å². The van der Waals surface area contributed by atoms with Gasteiger partial charge in [0, 0.05) is 22.9 Å². The van der Waals surface area contributed by atoms with E-state index in [1.165, 1.54) is 16.8 Å². The number of carbonyl (C=O) groups is 1. The van der Waals surface area contributed by atoms with Crippen LogP contribution in [0.4, 0.5) is 24.7 Å². The van der Waals surface area contributed by atoms with E-state index in [1.807, 2.05) is 18.2 Å². The van der Waals surface area contributed by atoms with Crippen LogP contribution in [-0.2, 0) is 6.18 Å². The van der Waals surface area contributed by atoms with Crippen molar-refractivity contribution in [2.24, 2.45) is 0 Å². The second kappa shape index (κ2) is 7.98. The third kappa shape index (κ3) is 4.42. The van der Waals surface area contributed by atoms with E-state index >= 15 is 0 Å². The highest BCUT2D eigenvalue weighted by Gasteiger charge is 2.30. The first-order valence-corrected chi connectivity index (χ1v) is 9.31.